The van der Waals surface area contributed by atoms with E-state index in [2.05, 4.69) is 32.9 Å². The summed E-state index contributed by atoms with van der Waals surface area (Å²) < 4.78 is 0. The lowest BCUT2D eigenvalue weighted by atomic mass is 9.90. The number of benzene rings is 2. The molecule has 0 aromatic heterocycles. The van der Waals surface area contributed by atoms with Crippen molar-refractivity contribution < 1.29 is 10.2 Å². The first-order valence-electron chi connectivity index (χ1n) is 7.28. The van der Waals surface area contributed by atoms with E-state index >= 15 is 0 Å². The molecule has 0 spiro atoms. The van der Waals surface area contributed by atoms with E-state index in [-0.39, 0.29) is 11.5 Å². The topological polar surface area (TPSA) is 40.5 Å². The number of hydrogen-bond donors (Lipinski definition) is 2. The highest BCUT2D eigenvalue weighted by Gasteiger charge is 2.13. The molecule has 0 saturated carbocycles. The van der Waals surface area contributed by atoms with Gasteiger partial charge in [0.25, 0.3) is 0 Å². The van der Waals surface area contributed by atoms with Crippen LogP contribution in [0.4, 0.5) is 0 Å². The molecule has 0 radical (unpaired) electrons. The van der Waals surface area contributed by atoms with Gasteiger partial charge < -0.3 is 10.2 Å². The van der Waals surface area contributed by atoms with Gasteiger partial charge in [-0.15, -0.1) is 0 Å². The summed E-state index contributed by atoms with van der Waals surface area (Å²) >= 11 is 0. The summed E-state index contributed by atoms with van der Waals surface area (Å²) in [7, 11) is 0. The van der Waals surface area contributed by atoms with Crippen molar-refractivity contribution in [2.24, 2.45) is 0 Å². The second-order valence-electron chi connectivity index (χ2n) is 5.01. The van der Waals surface area contributed by atoms with Crippen molar-refractivity contribution in [3.05, 3.63) is 47.0 Å². The molecular weight excluding hydrogens is 248 g/mol. The van der Waals surface area contributed by atoms with Crippen LogP contribution < -0.4 is 0 Å². The molecule has 2 aromatic carbocycles. The molecule has 0 aliphatic rings. The Morgan fingerprint density at radius 1 is 0.750 bits per heavy atom. The second kappa shape index (κ2) is 6.00. The van der Waals surface area contributed by atoms with Crippen molar-refractivity contribution in [1.29, 1.82) is 0 Å². The Morgan fingerprint density at radius 2 is 1.35 bits per heavy atom. The molecule has 0 heterocycles. The van der Waals surface area contributed by atoms with Gasteiger partial charge in [-0.1, -0.05) is 45.0 Å². The minimum Gasteiger partial charge on any atom is -0.504 e. The summed E-state index contributed by atoms with van der Waals surface area (Å²) in [6, 6.07) is 9.52. The fraction of sp³-hybridized carbons (Fsp3) is 0.333. The van der Waals surface area contributed by atoms with Crippen LogP contribution in [0.25, 0.3) is 11.1 Å². The number of rotatable bonds is 4. The monoisotopic (exact) mass is 270 g/mol. The van der Waals surface area contributed by atoms with Crippen LogP contribution in [0.3, 0.4) is 0 Å². The molecule has 0 bridgehead atoms. The Bertz CT molecular complexity index is 615. The molecule has 2 aromatic rings. The quantitative estimate of drug-likeness (QED) is 0.806. The van der Waals surface area contributed by atoms with E-state index < -0.39 is 0 Å². The summed E-state index contributed by atoms with van der Waals surface area (Å²) in [5.41, 5.74) is 5.62. The van der Waals surface area contributed by atoms with Gasteiger partial charge in [-0.2, -0.15) is 0 Å². The first-order chi connectivity index (χ1) is 9.62. The largest absolute Gasteiger partial charge is 0.504 e. The lowest BCUT2D eigenvalue weighted by molar-refractivity contribution is 0.405. The summed E-state index contributed by atoms with van der Waals surface area (Å²) in [6.45, 7) is 6.43. The molecule has 0 aliphatic carbocycles. The number of phenolic OH excluding ortho intramolecular Hbond substituents is 2. The zero-order valence-corrected chi connectivity index (χ0v) is 12.4. The van der Waals surface area contributed by atoms with E-state index in [9.17, 15) is 10.2 Å². The van der Waals surface area contributed by atoms with E-state index in [4.69, 9.17) is 0 Å². The van der Waals surface area contributed by atoms with Crippen molar-refractivity contribution in [3.63, 3.8) is 0 Å². The molecule has 0 atom stereocenters. The summed E-state index contributed by atoms with van der Waals surface area (Å²) in [5.74, 6) is -0.101. The van der Waals surface area contributed by atoms with E-state index in [0.29, 0.717) is 5.56 Å². The fourth-order valence-electron chi connectivity index (χ4n) is 2.69. The molecule has 2 nitrogen and oxygen atoms in total. The fourth-order valence-corrected chi connectivity index (χ4v) is 2.69. The Balaban J connectivity index is 2.69. The van der Waals surface area contributed by atoms with E-state index in [1.54, 1.807) is 6.07 Å². The summed E-state index contributed by atoms with van der Waals surface area (Å²) in [6.07, 6.45) is 2.89. The van der Waals surface area contributed by atoms with Crippen molar-refractivity contribution in [2.75, 3.05) is 0 Å². The predicted octanol–water partition coefficient (Wildman–Crippen LogP) is 4.45. The number of aromatic hydroxyl groups is 2. The van der Waals surface area contributed by atoms with Crippen LogP contribution in [-0.4, -0.2) is 10.2 Å². The zero-order chi connectivity index (χ0) is 14.7. The van der Waals surface area contributed by atoms with Crippen LogP contribution >= 0.6 is 0 Å². The normalized spacial score (nSPS) is 10.8. The highest BCUT2D eigenvalue weighted by molar-refractivity contribution is 5.76. The molecule has 0 fully saturated rings. The maximum absolute atomic E-state index is 10.1. The molecule has 106 valence electrons. The molecule has 2 rings (SSSR count). The van der Waals surface area contributed by atoms with Gasteiger partial charge in [0, 0.05) is 5.56 Å². The number of phenols is 2. The van der Waals surface area contributed by atoms with Gasteiger partial charge in [0.2, 0.25) is 0 Å². The first-order valence-corrected chi connectivity index (χ1v) is 7.28. The average Bonchev–Trinajstić information content (AvgIpc) is 2.48. The van der Waals surface area contributed by atoms with Gasteiger partial charge in [0.15, 0.2) is 11.5 Å². The Morgan fingerprint density at radius 3 is 1.95 bits per heavy atom. The maximum atomic E-state index is 10.1. The van der Waals surface area contributed by atoms with Gasteiger partial charge in [-0.3, -0.25) is 0 Å². The van der Waals surface area contributed by atoms with E-state index in [1.807, 2.05) is 6.07 Å². The summed E-state index contributed by atoms with van der Waals surface area (Å²) in [4.78, 5) is 0. The highest BCUT2D eigenvalue weighted by atomic mass is 16.3. The lowest BCUT2D eigenvalue weighted by Crippen LogP contribution is -1.97. The maximum Gasteiger partial charge on any atom is 0.165 e. The molecule has 0 aliphatic heterocycles. The number of aryl methyl sites for hydroxylation is 3. The second-order valence-corrected chi connectivity index (χ2v) is 5.01. The van der Waals surface area contributed by atoms with Crippen LogP contribution in [0.1, 0.15) is 37.5 Å². The molecule has 0 unspecified atom stereocenters. The number of para-hydroxylation sites is 1. The molecule has 2 N–H and O–H groups in total. The van der Waals surface area contributed by atoms with Crippen molar-refractivity contribution in [3.8, 4) is 22.6 Å². The Labute approximate surface area is 120 Å². The average molecular weight is 270 g/mol. The molecule has 0 amide bonds. The smallest absolute Gasteiger partial charge is 0.165 e. The number of hydrogen-bond acceptors (Lipinski definition) is 2. The summed E-state index contributed by atoms with van der Waals surface area (Å²) in [5, 5.41) is 19.8. The minimum atomic E-state index is -0.0674. The van der Waals surface area contributed by atoms with Crippen LogP contribution in [0.2, 0.25) is 0 Å². The van der Waals surface area contributed by atoms with Crippen LogP contribution in [-0.2, 0) is 19.3 Å². The van der Waals surface area contributed by atoms with Crippen LogP contribution in [0, 0.1) is 0 Å². The Kier molecular flexibility index (Phi) is 4.33. The molecule has 0 saturated heterocycles. The predicted molar refractivity (Wildman–Crippen MR) is 83.3 cm³/mol. The van der Waals surface area contributed by atoms with Gasteiger partial charge >= 0.3 is 0 Å². The standard InChI is InChI=1S/C18H22O2/c1-4-12-10-14(6-3)16(11-13(12)5-2)15-8-7-9-17(19)18(15)20/h7-11,19-20H,4-6H2,1-3H3. The van der Waals surface area contributed by atoms with Crippen LogP contribution in [0.5, 0.6) is 11.5 Å². The van der Waals surface area contributed by atoms with Crippen molar-refractivity contribution in [2.45, 2.75) is 40.0 Å². The van der Waals surface area contributed by atoms with Gasteiger partial charge in [0.05, 0.1) is 0 Å². The van der Waals surface area contributed by atoms with Crippen molar-refractivity contribution in [1.82, 2.24) is 0 Å². The van der Waals surface area contributed by atoms with Gasteiger partial charge in [-0.05, 0) is 47.6 Å². The molecule has 20 heavy (non-hydrogen) atoms. The third kappa shape index (κ3) is 2.51. The zero-order valence-electron chi connectivity index (χ0n) is 12.4. The molecule has 2 heteroatoms. The highest BCUT2D eigenvalue weighted by Crippen LogP contribution is 2.39. The van der Waals surface area contributed by atoms with E-state index in [1.165, 1.54) is 22.8 Å². The van der Waals surface area contributed by atoms with Crippen LogP contribution in [0.15, 0.2) is 30.3 Å². The van der Waals surface area contributed by atoms with Gasteiger partial charge in [0.1, 0.15) is 0 Å². The SMILES string of the molecule is CCc1cc(CC)c(-c2cccc(O)c2O)cc1CC. The molecular formula is C18H22O2. The first kappa shape index (κ1) is 14.4. The minimum absolute atomic E-state index is 0.0338. The van der Waals surface area contributed by atoms with Crippen molar-refractivity contribution >= 4 is 0 Å². The van der Waals surface area contributed by atoms with E-state index in [0.717, 1.165) is 24.8 Å². The third-order valence-corrected chi connectivity index (χ3v) is 3.87. The lowest BCUT2D eigenvalue weighted by Gasteiger charge is -2.16. The Hall–Kier alpha value is -1.96. The van der Waals surface area contributed by atoms with Gasteiger partial charge in [-0.25, -0.2) is 0 Å². The third-order valence-electron chi connectivity index (χ3n) is 3.87.